The number of amides is 1. The van der Waals surface area contributed by atoms with Gasteiger partial charge in [-0.3, -0.25) is 5.32 Å². The molecule has 3 aromatic carbocycles. The first-order valence-electron chi connectivity index (χ1n) is 15.8. The van der Waals surface area contributed by atoms with Crippen LogP contribution in [0.5, 0.6) is 0 Å². The molecule has 44 heavy (non-hydrogen) atoms. The van der Waals surface area contributed by atoms with Crippen LogP contribution >= 0.6 is 0 Å². The molecule has 0 heterocycles. The van der Waals surface area contributed by atoms with E-state index >= 15 is 4.39 Å². The number of benzene rings is 3. The van der Waals surface area contributed by atoms with Crippen LogP contribution in [0.15, 0.2) is 54.6 Å². The second-order valence-corrected chi connectivity index (χ2v) is 11.2. The average Bonchev–Trinajstić information content (AvgIpc) is 3.54. The van der Waals surface area contributed by atoms with Gasteiger partial charge < -0.3 is 31.2 Å². The molecule has 1 aliphatic carbocycles. The van der Waals surface area contributed by atoms with Gasteiger partial charge in [0, 0.05) is 6.54 Å². The van der Waals surface area contributed by atoms with Crippen molar-refractivity contribution in [3.05, 3.63) is 71.5 Å². The van der Waals surface area contributed by atoms with Crippen molar-refractivity contribution in [3.63, 3.8) is 0 Å². The number of nitrogens with two attached hydrogens (primary N) is 1. The molecule has 238 valence electrons. The minimum absolute atomic E-state index is 0.0400. The quantitative estimate of drug-likeness (QED) is 0.0889. The topological polar surface area (TPSA) is 127 Å². The van der Waals surface area contributed by atoms with Crippen LogP contribution in [0.25, 0.3) is 10.8 Å². The highest BCUT2D eigenvalue weighted by Crippen LogP contribution is 2.28. The molecule has 0 spiro atoms. The fraction of sp³-hybridized carbons (Fsp3) is 0.471. The van der Waals surface area contributed by atoms with Gasteiger partial charge in [-0.2, -0.15) is 0 Å². The number of hydrogen-bond donors (Lipinski definition) is 5. The lowest BCUT2D eigenvalue weighted by molar-refractivity contribution is 0.0318. The summed E-state index contributed by atoms with van der Waals surface area (Å²) in [5.41, 5.74) is 6.61. The van der Waals surface area contributed by atoms with Crippen molar-refractivity contribution in [3.8, 4) is 0 Å². The maximum atomic E-state index is 15.1. The van der Waals surface area contributed by atoms with Gasteiger partial charge in [0.2, 0.25) is 0 Å². The van der Waals surface area contributed by atoms with E-state index in [0.29, 0.717) is 13.1 Å². The van der Waals surface area contributed by atoms with Crippen molar-refractivity contribution in [2.75, 3.05) is 49.9 Å². The number of anilines is 2. The summed E-state index contributed by atoms with van der Waals surface area (Å²) in [6, 6.07) is 16.3. The number of nitrogens with one attached hydrogen (secondary N) is 4. The Morgan fingerprint density at radius 3 is 2.27 bits per heavy atom. The number of esters is 1. The molecule has 6 N–H and O–H groups in total. The lowest BCUT2D eigenvalue weighted by Crippen LogP contribution is -2.22. The van der Waals surface area contributed by atoms with Crippen LogP contribution in [0, 0.1) is 5.82 Å². The van der Waals surface area contributed by atoms with E-state index in [4.69, 9.17) is 15.2 Å². The first-order valence-corrected chi connectivity index (χ1v) is 15.8. The molecule has 4 rings (SSSR count). The fourth-order valence-corrected chi connectivity index (χ4v) is 5.24. The highest BCUT2D eigenvalue weighted by atomic mass is 19.1. The molecule has 1 saturated carbocycles. The van der Waals surface area contributed by atoms with Crippen molar-refractivity contribution in [2.45, 2.75) is 64.1 Å². The normalized spacial score (nSPS) is 13.2. The number of ether oxygens (including phenoxy) is 2. The second kappa shape index (κ2) is 18.2. The third kappa shape index (κ3) is 10.8. The SMILES string of the molecule is NCCCNCCCCNCCCNc1cc(NC(=O)OCc2ccc3ccccc3c2)c(C(=O)OC2CCCC2)cc1F. The van der Waals surface area contributed by atoms with Crippen LogP contribution in [0.3, 0.4) is 0 Å². The molecule has 1 aliphatic rings. The maximum Gasteiger partial charge on any atom is 0.411 e. The van der Waals surface area contributed by atoms with E-state index in [-0.39, 0.29) is 29.6 Å². The van der Waals surface area contributed by atoms with Crippen LogP contribution in [-0.2, 0) is 16.1 Å². The van der Waals surface area contributed by atoms with Gasteiger partial charge in [-0.05, 0) is 119 Å². The molecule has 3 aromatic rings. The first kappa shape index (κ1) is 33.2. The van der Waals surface area contributed by atoms with Gasteiger partial charge in [0.25, 0.3) is 0 Å². The molecule has 0 unspecified atom stereocenters. The van der Waals surface area contributed by atoms with Crippen molar-refractivity contribution in [1.82, 2.24) is 10.6 Å². The smallest absolute Gasteiger partial charge is 0.411 e. The van der Waals surface area contributed by atoms with Gasteiger partial charge in [0.1, 0.15) is 18.5 Å². The molecule has 0 aliphatic heterocycles. The number of rotatable bonds is 18. The van der Waals surface area contributed by atoms with E-state index in [1.54, 1.807) is 0 Å². The molecule has 1 fully saturated rings. The van der Waals surface area contributed by atoms with Gasteiger partial charge in [-0.15, -0.1) is 0 Å². The summed E-state index contributed by atoms with van der Waals surface area (Å²) in [7, 11) is 0. The number of carbonyl (C=O) groups excluding carboxylic acids is 2. The van der Waals surface area contributed by atoms with Gasteiger partial charge in [0.15, 0.2) is 0 Å². The van der Waals surface area contributed by atoms with Gasteiger partial charge in [-0.1, -0.05) is 36.4 Å². The Morgan fingerprint density at radius 2 is 1.52 bits per heavy atom. The van der Waals surface area contributed by atoms with E-state index in [1.807, 2.05) is 42.5 Å². The largest absolute Gasteiger partial charge is 0.459 e. The maximum absolute atomic E-state index is 15.1. The Morgan fingerprint density at radius 1 is 0.818 bits per heavy atom. The van der Waals surface area contributed by atoms with E-state index in [0.717, 1.165) is 99.9 Å². The highest BCUT2D eigenvalue weighted by Gasteiger charge is 2.24. The average molecular weight is 608 g/mol. The number of unbranched alkanes of at least 4 members (excludes halogenated alkanes) is 1. The molecule has 10 heteroatoms. The Balaban J connectivity index is 1.30. The lowest BCUT2D eigenvalue weighted by atomic mass is 10.1. The van der Waals surface area contributed by atoms with E-state index in [2.05, 4.69) is 21.3 Å². The van der Waals surface area contributed by atoms with Crippen LogP contribution < -0.4 is 27.0 Å². The predicted octanol–water partition coefficient (Wildman–Crippen LogP) is 5.94. The van der Waals surface area contributed by atoms with Gasteiger partial charge >= 0.3 is 12.1 Å². The van der Waals surface area contributed by atoms with Crippen molar-refractivity contribution >= 4 is 34.2 Å². The summed E-state index contributed by atoms with van der Waals surface area (Å²) in [6.07, 6.45) is 6.53. The summed E-state index contributed by atoms with van der Waals surface area (Å²) < 4.78 is 26.2. The van der Waals surface area contributed by atoms with Crippen LogP contribution in [0.4, 0.5) is 20.6 Å². The molecule has 0 saturated heterocycles. The molecular weight excluding hydrogens is 561 g/mol. The van der Waals surface area contributed by atoms with Gasteiger partial charge in [0.05, 0.1) is 16.9 Å². The van der Waals surface area contributed by atoms with Crippen molar-refractivity contribution < 1.29 is 23.5 Å². The minimum Gasteiger partial charge on any atom is -0.459 e. The third-order valence-electron chi connectivity index (χ3n) is 7.68. The zero-order valence-corrected chi connectivity index (χ0v) is 25.5. The van der Waals surface area contributed by atoms with Crippen LogP contribution in [0.1, 0.15) is 67.3 Å². The molecule has 0 atom stereocenters. The monoisotopic (exact) mass is 607 g/mol. The molecular formula is C34H46FN5O4. The Hall–Kier alpha value is -3.73. The highest BCUT2D eigenvalue weighted by molar-refractivity contribution is 6.00. The molecule has 0 radical (unpaired) electrons. The fourth-order valence-electron chi connectivity index (χ4n) is 5.24. The van der Waals surface area contributed by atoms with Crippen molar-refractivity contribution in [2.24, 2.45) is 5.73 Å². The number of halogens is 1. The van der Waals surface area contributed by atoms with E-state index < -0.39 is 17.9 Å². The number of carbonyl (C=O) groups is 2. The third-order valence-corrected chi connectivity index (χ3v) is 7.68. The number of fused-ring (bicyclic) bond motifs is 1. The van der Waals surface area contributed by atoms with Crippen LogP contribution in [-0.4, -0.2) is 57.4 Å². The molecule has 0 bridgehead atoms. The standard InChI is InChI=1S/C34H46FN5O4/c35-30-22-29(33(41)44-28-11-3-4-12-28)31(23-32(30)39-20-8-19-38-17-6-5-16-37-18-7-15-36)40-34(42)43-24-25-13-14-26-9-1-2-10-27(26)21-25/h1-2,9-10,13-14,21-23,28,37-39H,3-8,11-12,15-20,24,36H2,(H,40,42). The summed E-state index contributed by atoms with van der Waals surface area (Å²) in [5, 5.41) is 14.6. The summed E-state index contributed by atoms with van der Waals surface area (Å²) in [4.78, 5) is 25.8. The van der Waals surface area contributed by atoms with E-state index in [9.17, 15) is 9.59 Å². The zero-order chi connectivity index (χ0) is 31.0. The predicted molar refractivity (Wildman–Crippen MR) is 174 cm³/mol. The van der Waals surface area contributed by atoms with Gasteiger partial charge in [-0.25, -0.2) is 14.0 Å². The molecule has 1 amide bonds. The van der Waals surface area contributed by atoms with E-state index in [1.165, 1.54) is 6.07 Å². The van der Waals surface area contributed by atoms with Crippen molar-refractivity contribution in [1.29, 1.82) is 0 Å². The summed E-state index contributed by atoms with van der Waals surface area (Å²) in [6.45, 7) is 4.91. The minimum atomic E-state index is -0.746. The number of hydrogen-bond acceptors (Lipinski definition) is 8. The molecule has 0 aromatic heterocycles. The second-order valence-electron chi connectivity index (χ2n) is 11.2. The summed E-state index contributed by atoms with van der Waals surface area (Å²) in [5.74, 6) is -1.25. The lowest BCUT2D eigenvalue weighted by Gasteiger charge is -2.17. The zero-order valence-electron chi connectivity index (χ0n) is 25.5. The molecule has 9 nitrogen and oxygen atoms in total. The summed E-state index contributed by atoms with van der Waals surface area (Å²) >= 11 is 0. The Kier molecular flexibility index (Phi) is 13.7. The van der Waals surface area contributed by atoms with Crippen LogP contribution in [0.2, 0.25) is 0 Å². The first-order chi connectivity index (χ1) is 21.5. The Labute approximate surface area is 259 Å². The Bertz CT molecular complexity index is 1350.